The minimum atomic E-state index is -4.87. The number of aromatic nitrogens is 3. The van der Waals surface area contributed by atoms with E-state index in [2.05, 4.69) is 30.8 Å². The largest absolute Gasteiger partial charge is 0.474 e. The SMILES string of the molecule is C/C(=N\Nc1ncccn1)C(C(=O)N1C[C@@H]2C(Oc3cc(C(C)(C)NC(=O)O)cc(-c4ccc(F)cc4)n3)[C@@H]2C1)C(F)(F)F. The van der Waals surface area contributed by atoms with Crippen molar-refractivity contribution in [3.63, 3.8) is 0 Å². The minimum absolute atomic E-state index is 0.00924. The Morgan fingerprint density at radius 3 is 2.32 bits per heavy atom. The number of nitrogens with one attached hydrogen (secondary N) is 2. The van der Waals surface area contributed by atoms with E-state index in [0.717, 1.165) is 6.92 Å². The van der Waals surface area contributed by atoms with Crippen LogP contribution in [0.4, 0.5) is 28.3 Å². The summed E-state index contributed by atoms with van der Waals surface area (Å²) in [5.74, 6) is -4.27. The molecule has 1 saturated heterocycles. The Bertz CT molecular complexity index is 1560. The summed E-state index contributed by atoms with van der Waals surface area (Å²) in [4.78, 5) is 37.9. The number of fused-ring (bicyclic) bond motifs is 1. The molecule has 15 heteroatoms. The van der Waals surface area contributed by atoms with Crippen LogP contribution in [0.5, 0.6) is 5.88 Å². The molecule has 44 heavy (non-hydrogen) atoms. The number of carboxylic acid groups (broad SMARTS) is 1. The van der Waals surface area contributed by atoms with Crippen molar-refractivity contribution in [2.24, 2.45) is 22.9 Å². The molecule has 0 bridgehead atoms. The summed E-state index contributed by atoms with van der Waals surface area (Å²) in [6, 6.07) is 10.4. The standard InChI is InChI=1S/C29H29F4N7O4/c1-15(38-39-26-34-9-4-10-35-26)23(29(31,32)33)25(41)40-13-19-20(14-40)24(19)44-22-12-17(28(2,3)37-27(42)43)11-21(36-22)16-5-7-18(30)8-6-16/h4-12,19-20,23-24,37H,13-14H2,1-3H3,(H,42,43)(H,34,35,39)/b38-15+/t19-,20+,23?,24?. The van der Waals surface area contributed by atoms with E-state index >= 15 is 0 Å². The number of halogens is 4. The van der Waals surface area contributed by atoms with Crippen molar-refractivity contribution in [1.82, 2.24) is 25.2 Å². The summed E-state index contributed by atoms with van der Waals surface area (Å²) in [6.45, 7) is 4.55. The first-order valence-corrected chi connectivity index (χ1v) is 13.6. The number of hydrazone groups is 1. The Balaban J connectivity index is 1.30. The molecule has 2 fully saturated rings. The average molecular weight is 616 g/mol. The van der Waals surface area contributed by atoms with Gasteiger partial charge < -0.3 is 20.1 Å². The number of alkyl halides is 3. The van der Waals surface area contributed by atoms with E-state index in [-0.39, 0.29) is 36.8 Å². The molecule has 232 valence electrons. The third kappa shape index (κ3) is 6.71. The predicted octanol–water partition coefficient (Wildman–Crippen LogP) is 4.68. The number of anilines is 1. The van der Waals surface area contributed by atoms with E-state index in [9.17, 15) is 32.3 Å². The molecule has 1 saturated carbocycles. The van der Waals surface area contributed by atoms with Crippen molar-refractivity contribution in [2.75, 3.05) is 18.5 Å². The smallest absolute Gasteiger partial charge is 0.405 e. The topological polar surface area (TPSA) is 142 Å². The zero-order valence-corrected chi connectivity index (χ0v) is 23.8. The summed E-state index contributed by atoms with van der Waals surface area (Å²) in [5, 5.41) is 15.5. The quantitative estimate of drug-likeness (QED) is 0.179. The van der Waals surface area contributed by atoms with Crippen LogP contribution in [-0.2, 0) is 10.3 Å². The number of hydrogen-bond donors (Lipinski definition) is 3. The van der Waals surface area contributed by atoms with Crippen LogP contribution >= 0.6 is 0 Å². The average Bonchev–Trinajstić information content (AvgIpc) is 3.37. The Labute approximate surface area is 249 Å². The second-order valence-electron chi connectivity index (χ2n) is 11.2. The van der Waals surface area contributed by atoms with Gasteiger partial charge in [-0.1, -0.05) is 0 Å². The Morgan fingerprint density at radius 2 is 1.73 bits per heavy atom. The van der Waals surface area contributed by atoms with Gasteiger partial charge in [0.05, 0.1) is 16.9 Å². The van der Waals surface area contributed by atoms with Crippen LogP contribution in [0.1, 0.15) is 26.3 Å². The molecular weight excluding hydrogens is 586 g/mol. The van der Waals surface area contributed by atoms with Gasteiger partial charge in [-0.05, 0) is 62.7 Å². The summed E-state index contributed by atoms with van der Waals surface area (Å²) in [7, 11) is 0. The molecule has 2 unspecified atom stereocenters. The third-order valence-electron chi connectivity index (χ3n) is 7.66. The van der Waals surface area contributed by atoms with Crippen LogP contribution in [0.2, 0.25) is 0 Å². The molecule has 0 spiro atoms. The lowest BCUT2D eigenvalue weighted by atomic mass is 9.93. The molecule has 1 aliphatic heterocycles. The fourth-order valence-electron chi connectivity index (χ4n) is 5.30. The van der Waals surface area contributed by atoms with Crippen molar-refractivity contribution in [1.29, 1.82) is 0 Å². The van der Waals surface area contributed by atoms with E-state index in [1.54, 1.807) is 26.0 Å². The van der Waals surface area contributed by atoms with Gasteiger partial charge in [-0.25, -0.2) is 29.6 Å². The van der Waals surface area contributed by atoms with E-state index < -0.39 is 47.3 Å². The first-order chi connectivity index (χ1) is 20.7. The van der Waals surface area contributed by atoms with Crippen LogP contribution in [-0.4, -0.2) is 68.0 Å². The second-order valence-corrected chi connectivity index (χ2v) is 11.2. The molecule has 1 aliphatic carbocycles. The molecular formula is C29H29F4N7O4. The number of hydrogen-bond acceptors (Lipinski definition) is 8. The van der Waals surface area contributed by atoms with Crippen molar-refractivity contribution in [2.45, 2.75) is 38.6 Å². The first kappa shape index (κ1) is 30.6. The van der Waals surface area contributed by atoms with Gasteiger partial charge in [-0.3, -0.25) is 4.79 Å². The monoisotopic (exact) mass is 615 g/mol. The van der Waals surface area contributed by atoms with E-state index in [1.165, 1.54) is 47.6 Å². The number of pyridine rings is 1. The highest BCUT2D eigenvalue weighted by molar-refractivity contribution is 6.04. The molecule has 3 aromatic rings. The fourth-order valence-corrected chi connectivity index (χ4v) is 5.30. The molecule has 11 nitrogen and oxygen atoms in total. The van der Waals surface area contributed by atoms with Crippen molar-refractivity contribution in [3.8, 4) is 17.1 Å². The zero-order chi connectivity index (χ0) is 31.8. The van der Waals surface area contributed by atoms with Crippen molar-refractivity contribution in [3.05, 3.63) is 66.2 Å². The van der Waals surface area contributed by atoms with Crippen molar-refractivity contribution < 1.29 is 37.0 Å². The van der Waals surface area contributed by atoms with Crippen LogP contribution in [0.3, 0.4) is 0 Å². The number of benzene rings is 1. The lowest BCUT2D eigenvalue weighted by Crippen LogP contribution is -2.46. The normalized spacial score (nSPS) is 20.5. The first-order valence-electron chi connectivity index (χ1n) is 13.6. The number of carbonyl (C=O) groups is 2. The van der Waals surface area contributed by atoms with Gasteiger partial charge in [0.25, 0.3) is 0 Å². The lowest BCUT2D eigenvalue weighted by molar-refractivity contribution is -0.175. The Morgan fingerprint density at radius 1 is 1.09 bits per heavy atom. The van der Waals surface area contributed by atoms with E-state index in [4.69, 9.17) is 4.74 Å². The maximum Gasteiger partial charge on any atom is 0.405 e. The second kappa shape index (κ2) is 11.7. The predicted molar refractivity (Wildman–Crippen MR) is 150 cm³/mol. The van der Waals surface area contributed by atoms with Gasteiger partial charge in [0.1, 0.15) is 11.9 Å². The summed E-state index contributed by atoms with van der Waals surface area (Å²) in [5.41, 5.74) is 2.35. The highest BCUT2D eigenvalue weighted by atomic mass is 19.4. The molecule has 2 aromatic heterocycles. The fraction of sp³-hybridized carbons (Fsp3) is 0.379. The number of amides is 2. The summed E-state index contributed by atoms with van der Waals surface area (Å²) in [6.07, 6.45) is -3.73. The van der Waals surface area contributed by atoms with Crippen molar-refractivity contribution >= 4 is 23.7 Å². The van der Waals surface area contributed by atoms with Gasteiger partial charge in [0.15, 0.2) is 5.92 Å². The van der Waals surface area contributed by atoms with Gasteiger partial charge in [0, 0.05) is 48.9 Å². The molecule has 5 rings (SSSR count). The highest BCUT2D eigenvalue weighted by Gasteiger charge is 2.61. The molecule has 3 heterocycles. The molecule has 1 aromatic carbocycles. The molecule has 2 aliphatic rings. The number of carbonyl (C=O) groups excluding carboxylic acids is 1. The molecule has 3 N–H and O–H groups in total. The van der Waals surface area contributed by atoms with Gasteiger partial charge in [-0.2, -0.15) is 18.3 Å². The maximum absolute atomic E-state index is 14.0. The number of rotatable bonds is 9. The minimum Gasteiger partial charge on any atom is -0.474 e. The third-order valence-corrected chi connectivity index (χ3v) is 7.66. The summed E-state index contributed by atoms with van der Waals surface area (Å²) >= 11 is 0. The van der Waals surface area contributed by atoms with Gasteiger partial charge in [0.2, 0.25) is 17.7 Å². The van der Waals surface area contributed by atoms with E-state index in [0.29, 0.717) is 16.8 Å². The molecule has 4 atom stereocenters. The molecule has 0 radical (unpaired) electrons. The number of piperidine rings is 1. The highest BCUT2D eigenvalue weighted by Crippen LogP contribution is 2.49. The van der Waals surface area contributed by atoms with Crippen LogP contribution in [0.15, 0.2) is 60.0 Å². The number of likely N-dealkylation sites (tertiary alicyclic amines) is 1. The Kier molecular flexibility index (Phi) is 8.14. The zero-order valence-electron chi connectivity index (χ0n) is 23.8. The van der Waals surface area contributed by atoms with Crippen LogP contribution in [0, 0.1) is 23.6 Å². The Hall–Kier alpha value is -4.82. The van der Waals surface area contributed by atoms with Crippen LogP contribution < -0.4 is 15.5 Å². The number of ether oxygens (including phenoxy) is 1. The summed E-state index contributed by atoms with van der Waals surface area (Å²) < 4.78 is 61.7. The van der Waals surface area contributed by atoms with Crippen LogP contribution in [0.25, 0.3) is 11.3 Å². The molecule has 2 amide bonds. The lowest BCUT2D eigenvalue weighted by Gasteiger charge is -2.27. The van der Waals surface area contributed by atoms with Gasteiger partial charge >= 0.3 is 12.3 Å². The van der Waals surface area contributed by atoms with Gasteiger partial charge in [-0.15, -0.1) is 0 Å². The number of nitrogens with zero attached hydrogens (tertiary/aromatic N) is 5. The van der Waals surface area contributed by atoms with E-state index in [1.807, 2.05) is 0 Å². The maximum atomic E-state index is 14.0.